The lowest BCUT2D eigenvalue weighted by molar-refractivity contribution is 0.0950. The highest BCUT2D eigenvalue weighted by atomic mass is 32.2. The smallest absolute Gasteiger partial charge is 0.251 e. The van der Waals surface area contributed by atoms with Gasteiger partial charge in [-0.3, -0.25) is 4.79 Å². The first-order chi connectivity index (χ1) is 11.8. The molecule has 6 nitrogen and oxygen atoms in total. The number of carbonyl (C=O) groups is 1. The van der Waals surface area contributed by atoms with Gasteiger partial charge >= 0.3 is 0 Å². The van der Waals surface area contributed by atoms with Crippen LogP contribution in [0.5, 0.6) is 5.75 Å². The molecule has 0 heterocycles. The number of hydrogen-bond donors (Lipinski definition) is 2. The number of amides is 1. The Bertz CT molecular complexity index is 898. The van der Waals surface area contributed by atoms with Crippen LogP contribution in [0.2, 0.25) is 0 Å². The van der Waals surface area contributed by atoms with Gasteiger partial charge in [0.05, 0.1) is 7.11 Å². The number of methoxy groups -OCH3 is 1. The Kier molecular flexibility index (Phi) is 5.76. The summed E-state index contributed by atoms with van der Waals surface area (Å²) in [5.41, 5.74) is 1.28. The van der Waals surface area contributed by atoms with E-state index in [0.717, 1.165) is 0 Å². The molecule has 0 fully saturated rings. The van der Waals surface area contributed by atoms with E-state index >= 15 is 0 Å². The number of aryl methyl sites for hydroxylation is 1. The number of ether oxygens (including phenoxy) is 1. The Morgan fingerprint density at radius 2 is 1.92 bits per heavy atom. The number of benzene rings is 2. The SMILES string of the molecule is CNS(=O)(=O)c1cc(C(=O)NCc2ccc(C)c(F)c2)ccc1OC. The van der Waals surface area contributed by atoms with Crippen molar-refractivity contribution in [2.45, 2.75) is 18.4 Å². The van der Waals surface area contributed by atoms with Crippen molar-refractivity contribution in [3.63, 3.8) is 0 Å². The van der Waals surface area contributed by atoms with Crippen LogP contribution in [0.4, 0.5) is 4.39 Å². The van der Waals surface area contributed by atoms with Gasteiger partial charge < -0.3 is 10.1 Å². The zero-order valence-corrected chi connectivity index (χ0v) is 14.9. The summed E-state index contributed by atoms with van der Waals surface area (Å²) >= 11 is 0. The third kappa shape index (κ3) is 4.34. The molecule has 1 amide bonds. The van der Waals surface area contributed by atoms with Crippen molar-refractivity contribution < 1.29 is 22.3 Å². The maximum Gasteiger partial charge on any atom is 0.251 e. The van der Waals surface area contributed by atoms with Gasteiger partial charge in [-0.25, -0.2) is 17.5 Å². The highest BCUT2D eigenvalue weighted by Crippen LogP contribution is 2.24. The second kappa shape index (κ2) is 7.62. The predicted octanol–water partition coefficient (Wildman–Crippen LogP) is 1.98. The lowest BCUT2D eigenvalue weighted by atomic mass is 10.1. The summed E-state index contributed by atoms with van der Waals surface area (Å²) in [5.74, 6) is -0.693. The van der Waals surface area contributed by atoms with Crippen LogP contribution in [0.3, 0.4) is 0 Å². The van der Waals surface area contributed by atoms with Gasteiger partial charge in [0.1, 0.15) is 16.5 Å². The minimum atomic E-state index is -3.78. The van der Waals surface area contributed by atoms with Gasteiger partial charge in [0.25, 0.3) is 5.91 Å². The Labute approximate surface area is 146 Å². The fraction of sp³-hybridized carbons (Fsp3) is 0.235. The van der Waals surface area contributed by atoms with Crippen molar-refractivity contribution in [3.05, 3.63) is 58.9 Å². The quantitative estimate of drug-likeness (QED) is 0.819. The fourth-order valence-electron chi connectivity index (χ4n) is 2.17. The second-order valence-corrected chi connectivity index (χ2v) is 7.19. The average Bonchev–Trinajstić information content (AvgIpc) is 2.61. The summed E-state index contributed by atoms with van der Waals surface area (Å²) in [6.45, 7) is 1.77. The molecule has 25 heavy (non-hydrogen) atoms. The zero-order chi connectivity index (χ0) is 18.6. The number of carbonyl (C=O) groups excluding carboxylic acids is 1. The zero-order valence-electron chi connectivity index (χ0n) is 14.1. The van der Waals surface area contributed by atoms with E-state index < -0.39 is 15.9 Å². The maximum atomic E-state index is 13.5. The molecule has 0 aliphatic carbocycles. The van der Waals surface area contributed by atoms with Gasteiger partial charge in [-0.1, -0.05) is 12.1 Å². The highest BCUT2D eigenvalue weighted by Gasteiger charge is 2.20. The number of halogens is 1. The molecule has 2 rings (SSSR count). The van der Waals surface area contributed by atoms with Crippen LogP contribution >= 0.6 is 0 Å². The fourth-order valence-corrected chi connectivity index (χ4v) is 3.09. The lowest BCUT2D eigenvalue weighted by Crippen LogP contribution is -2.24. The molecule has 0 radical (unpaired) electrons. The molecule has 0 saturated carbocycles. The Morgan fingerprint density at radius 3 is 2.52 bits per heavy atom. The van der Waals surface area contributed by atoms with Gasteiger partial charge in [-0.05, 0) is 49.4 Å². The molecule has 0 spiro atoms. The van der Waals surface area contributed by atoms with Gasteiger partial charge in [-0.2, -0.15) is 0 Å². The molecule has 0 saturated heterocycles. The molecular formula is C17H19FN2O4S. The van der Waals surface area contributed by atoms with E-state index in [1.165, 1.54) is 38.4 Å². The molecule has 134 valence electrons. The summed E-state index contributed by atoms with van der Waals surface area (Å²) < 4.78 is 44.8. The second-order valence-electron chi connectivity index (χ2n) is 5.34. The first-order valence-electron chi connectivity index (χ1n) is 7.43. The van der Waals surface area contributed by atoms with Crippen molar-refractivity contribution in [3.8, 4) is 5.75 Å². The topological polar surface area (TPSA) is 84.5 Å². The van der Waals surface area contributed by atoms with E-state index in [0.29, 0.717) is 11.1 Å². The highest BCUT2D eigenvalue weighted by molar-refractivity contribution is 7.89. The van der Waals surface area contributed by atoms with E-state index in [1.54, 1.807) is 19.1 Å². The lowest BCUT2D eigenvalue weighted by Gasteiger charge is -2.11. The van der Waals surface area contributed by atoms with Crippen LogP contribution < -0.4 is 14.8 Å². The van der Waals surface area contributed by atoms with Crippen molar-refractivity contribution in [2.75, 3.05) is 14.2 Å². The van der Waals surface area contributed by atoms with Gasteiger partial charge in [0.15, 0.2) is 0 Å². The summed E-state index contributed by atoms with van der Waals surface area (Å²) in [6, 6.07) is 8.78. The van der Waals surface area contributed by atoms with E-state index in [4.69, 9.17) is 4.74 Å². The van der Waals surface area contributed by atoms with E-state index in [-0.39, 0.29) is 28.6 Å². The minimum Gasteiger partial charge on any atom is -0.495 e. The first kappa shape index (κ1) is 18.9. The number of hydrogen-bond acceptors (Lipinski definition) is 4. The molecule has 2 aromatic carbocycles. The van der Waals surface area contributed by atoms with E-state index in [2.05, 4.69) is 10.0 Å². The minimum absolute atomic E-state index is 0.121. The van der Waals surface area contributed by atoms with Crippen molar-refractivity contribution in [1.29, 1.82) is 0 Å². The maximum absolute atomic E-state index is 13.5. The molecule has 0 bridgehead atoms. The standard InChI is InChI=1S/C17H19FN2O4S/c1-11-4-5-12(8-14(11)18)10-20-17(21)13-6-7-15(24-3)16(9-13)25(22,23)19-2/h4-9,19H,10H2,1-3H3,(H,20,21). The molecule has 0 aliphatic heterocycles. The van der Waals surface area contributed by atoms with Crippen LogP contribution in [0, 0.1) is 12.7 Å². The largest absolute Gasteiger partial charge is 0.495 e. The Balaban J connectivity index is 2.21. The summed E-state index contributed by atoms with van der Waals surface area (Å²) in [7, 11) is -1.16. The summed E-state index contributed by atoms with van der Waals surface area (Å²) in [6.07, 6.45) is 0. The summed E-state index contributed by atoms with van der Waals surface area (Å²) in [4.78, 5) is 12.1. The molecule has 8 heteroatoms. The van der Waals surface area contributed by atoms with Gasteiger partial charge in [0, 0.05) is 12.1 Å². The molecule has 2 aromatic rings. The van der Waals surface area contributed by atoms with Crippen molar-refractivity contribution in [1.82, 2.24) is 10.0 Å². The molecule has 0 atom stereocenters. The normalized spacial score (nSPS) is 11.2. The monoisotopic (exact) mass is 366 g/mol. The number of rotatable bonds is 6. The van der Waals surface area contributed by atoms with Crippen LogP contribution in [0.25, 0.3) is 0 Å². The van der Waals surface area contributed by atoms with Crippen LogP contribution in [0.1, 0.15) is 21.5 Å². The third-order valence-electron chi connectivity index (χ3n) is 3.67. The molecule has 0 unspecified atom stereocenters. The predicted molar refractivity (Wildman–Crippen MR) is 91.5 cm³/mol. The van der Waals surface area contributed by atoms with Crippen LogP contribution in [-0.4, -0.2) is 28.5 Å². The van der Waals surface area contributed by atoms with E-state index in [1.807, 2.05) is 0 Å². The molecular weight excluding hydrogens is 347 g/mol. The number of sulfonamides is 1. The van der Waals surface area contributed by atoms with Crippen LogP contribution in [-0.2, 0) is 16.6 Å². The van der Waals surface area contributed by atoms with Crippen LogP contribution in [0.15, 0.2) is 41.3 Å². The van der Waals surface area contributed by atoms with E-state index in [9.17, 15) is 17.6 Å². The van der Waals surface area contributed by atoms with Crippen molar-refractivity contribution in [2.24, 2.45) is 0 Å². The molecule has 0 aliphatic rings. The molecule has 2 N–H and O–H groups in total. The van der Waals surface area contributed by atoms with Gasteiger partial charge in [0.2, 0.25) is 10.0 Å². The third-order valence-corrected chi connectivity index (χ3v) is 5.11. The Morgan fingerprint density at radius 1 is 1.20 bits per heavy atom. The van der Waals surface area contributed by atoms with Crippen molar-refractivity contribution >= 4 is 15.9 Å². The number of nitrogens with one attached hydrogen (secondary N) is 2. The summed E-state index contributed by atoms with van der Waals surface area (Å²) in [5, 5.41) is 2.63. The van der Waals surface area contributed by atoms with Gasteiger partial charge in [-0.15, -0.1) is 0 Å². The molecule has 0 aromatic heterocycles. The first-order valence-corrected chi connectivity index (χ1v) is 8.91. The Hall–Kier alpha value is -2.45. The average molecular weight is 366 g/mol.